The van der Waals surface area contributed by atoms with Crippen LogP contribution >= 0.6 is 0 Å². The number of carboxylic acids is 1. The van der Waals surface area contributed by atoms with E-state index in [9.17, 15) is 18.3 Å². The number of hydrogen-bond acceptors (Lipinski definition) is 6. The summed E-state index contributed by atoms with van der Waals surface area (Å²) in [5.74, 6) is 0.167. The van der Waals surface area contributed by atoms with E-state index in [1.165, 1.54) is 5.57 Å². The molecule has 3 saturated carbocycles. The molecule has 1 saturated heterocycles. The highest BCUT2D eigenvalue weighted by Gasteiger charge is 2.72. The lowest BCUT2D eigenvalue weighted by molar-refractivity contribution is -0.269. The van der Waals surface area contributed by atoms with E-state index in [1.807, 2.05) is 39.8 Å². The van der Waals surface area contributed by atoms with Crippen LogP contribution in [0.5, 0.6) is 0 Å². The number of aliphatic carboxylic acids is 1. The minimum atomic E-state index is -3.79. The molecule has 53 heavy (non-hydrogen) atoms. The van der Waals surface area contributed by atoms with Gasteiger partial charge in [-0.05, 0) is 110 Å². The molecule has 0 unspecified atom stereocenters. The maximum absolute atomic E-state index is 13.6. The zero-order chi connectivity index (χ0) is 39.2. The van der Waals surface area contributed by atoms with Gasteiger partial charge < -0.3 is 19.3 Å². The van der Waals surface area contributed by atoms with Gasteiger partial charge in [-0.2, -0.15) is 0 Å². The summed E-state index contributed by atoms with van der Waals surface area (Å²) < 4.78 is 50.4. The molecule has 0 amide bonds. The Morgan fingerprint density at radius 1 is 1.02 bits per heavy atom. The second-order valence-corrected chi connectivity index (χ2v) is 21.7. The molecule has 1 aromatic carbocycles. The number of ether oxygens (including phenoxy) is 3. The summed E-state index contributed by atoms with van der Waals surface area (Å²) in [6.07, 6.45) is 7.47. The number of sulfonamides is 1. The van der Waals surface area contributed by atoms with Gasteiger partial charge in [0.25, 0.3) is 0 Å². The van der Waals surface area contributed by atoms with Crippen molar-refractivity contribution in [3.8, 4) is 0 Å². The number of fused-ring (bicyclic) bond motifs is 3. The fraction of sp³-hybridized carbons (Fsp3) is 0.795. The molecule has 4 fully saturated rings. The van der Waals surface area contributed by atoms with Crippen LogP contribution < -0.4 is 4.72 Å². The molecule has 2 N–H and O–H groups in total. The zero-order valence-electron chi connectivity index (χ0n) is 34.7. The van der Waals surface area contributed by atoms with Crippen molar-refractivity contribution in [3.05, 3.63) is 41.5 Å². The van der Waals surface area contributed by atoms with Crippen molar-refractivity contribution in [3.63, 3.8) is 0 Å². The molecule has 0 aromatic heterocycles. The Bertz CT molecular complexity index is 1690. The first kappa shape index (κ1) is 40.9. The Kier molecular flexibility index (Phi) is 10.6. The van der Waals surface area contributed by atoms with Gasteiger partial charge in [-0.25, -0.2) is 13.1 Å². The van der Waals surface area contributed by atoms with Gasteiger partial charge in [-0.1, -0.05) is 91.7 Å². The van der Waals surface area contributed by atoms with Gasteiger partial charge in [0, 0.05) is 17.9 Å². The molecule has 5 aliphatic rings. The van der Waals surface area contributed by atoms with E-state index in [0.717, 1.165) is 44.1 Å². The summed E-state index contributed by atoms with van der Waals surface area (Å²) in [6.45, 7) is 25.4. The van der Waals surface area contributed by atoms with Crippen LogP contribution in [0.3, 0.4) is 0 Å². The first-order chi connectivity index (χ1) is 24.6. The molecular formula is C44H69NO7S. The smallest absolute Gasteiger partial charge is 0.307 e. The van der Waals surface area contributed by atoms with Crippen molar-refractivity contribution in [1.82, 2.24) is 4.72 Å². The SMILES string of the molecule is CO[C@@H]1C[C@@]23COC[C@@](C)([C@@H]2CC[C@H]2C3=CC[C@@]3(C)[C@H](C(=O)O)[C@@](C)([C@H](C)C(C)C)CC[C@]23C)[C@H]1OC[C@](C)(NS(=O)(=O)c1ccc(C)cc1)C(C)C. The molecule has 12 atom stereocenters. The lowest BCUT2D eigenvalue weighted by atomic mass is 9.34. The van der Waals surface area contributed by atoms with Crippen LogP contribution in [0.1, 0.15) is 113 Å². The van der Waals surface area contributed by atoms with Gasteiger partial charge in [-0.3, -0.25) is 4.79 Å². The predicted octanol–water partition coefficient (Wildman–Crippen LogP) is 8.68. The normalized spacial score (nSPS) is 41.5. The molecule has 1 aromatic rings. The lowest BCUT2D eigenvalue weighted by Crippen LogP contribution is -2.70. The molecular weight excluding hydrogens is 687 g/mol. The molecule has 0 spiro atoms. The second kappa shape index (κ2) is 13.7. The fourth-order valence-corrected chi connectivity index (χ4v) is 14.3. The van der Waals surface area contributed by atoms with Crippen LogP contribution in [-0.2, 0) is 29.0 Å². The topological polar surface area (TPSA) is 111 Å². The second-order valence-electron chi connectivity index (χ2n) is 20.0. The molecule has 2 bridgehead atoms. The number of carboxylic acid groups (broad SMARTS) is 1. The lowest BCUT2D eigenvalue weighted by Gasteiger charge is -2.71. The van der Waals surface area contributed by atoms with Crippen molar-refractivity contribution < 1.29 is 32.5 Å². The third kappa shape index (κ3) is 6.11. The van der Waals surface area contributed by atoms with Gasteiger partial charge in [0.15, 0.2) is 0 Å². The first-order valence-electron chi connectivity index (χ1n) is 20.3. The summed E-state index contributed by atoms with van der Waals surface area (Å²) in [5.41, 5.74) is 0.213. The molecule has 9 heteroatoms. The Hall–Kier alpha value is -1.78. The van der Waals surface area contributed by atoms with E-state index in [2.05, 4.69) is 59.3 Å². The maximum atomic E-state index is 13.6. The van der Waals surface area contributed by atoms with Crippen molar-refractivity contribution in [2.75, 3.05) is 26.9 Å². The number of hydrogen-bond donors (Lipinski definition) is 2. The van der Waals surface area contributed by atoms with Gasteiger partial charge >= 0.3 is 5.97 Å². The summed E-state index contributed by atoms with van der Waals surface area (Å²) in [6, 6.07) is 6.94. The largest absolute Gasteiger partial charge is 0.481 e. The third-order valence-electron chi connectivity index (χ3n) is 16.9. The Balaban J connectivity index is 1.32. The highest BCUT2D eigenvalue weighted by Crippen LogP contribution is 2.75. The van der Waals surface area contributed by atoms with Crippen LogP contribution in [0.25, 0.3) is 0 Å². The van der Waals surface area contributed by atoms with E-state index >= 15 is 0 Å². The number of nitrogens with one attached hydrogen (secondary N) is 1. The van der Waals surface area contributed by atoms with Crippen LogP contribution in [0.4, 0.5) is 0 Å². The molecule has 298 valence electrons. The number of rotatable bonds is 11. The van der Waals surface area contributed by atoms with Gasteiger partial charge in [0.2, 0.25) is 10.0 Å². The molecule has 1 aliphatic heterocycles. The van der Waals surface area contributed by atoms with Crippen molar-refractivity contribution >= 4 is 16.0 Å². The van der Waals surface area contributed by atoms with E-state index in [1.54, 1.807) is 19.2 Å². The van der Waals surface area contributed by atoms with Crippen LogP contribution in [-0.4, -0.2) is 64.2 Å². The molecule has 6 rings (SSSR count). The molecule has 1 heterocycles. The molecule has 4 aliphatic carbocycles. The van der Waals surface area contributed by atoms with Crippen molar-refractivity contribution in [2.24, 2.45) is 62.6 Å². The van der Waals surface area contributed by atoms with Gasteiger partial charge in [0.05, 0.1) is 48.4 Å². The minimum Gasteiger partial charge on any atom is -0.481 e. The number of benzene rings is 1. The number of aryl methyl sites for hydroxylation is 1. The number of allylic oxidation sites excluding steroid dienone is 1. The summed E-state index contributed by atoms with van der Waals surface area (Å²) in [7, 11) is -2.01. The monoisotopic (exact) mass is 755 g/mol. The molecule has 8 nitrogen and oxygen atoms in total. The quantitative estimate of drug-likeness (QED) is 0.218. The van der Waals surface area contributed by atoms with E-state index in [4.69, 9.17) is 14.2 Å². The minimum absolute atomic E-state index is 0.0461. The summed E-state index contributed by atoms with van der Waals surface area (Å²) >= 11 is 0. The van der Waals surface area contributed by atoms with Gasteiger partial charge in [0.1, 0.15) is 0 Å². The maximum Gasteiger partial charge on any atom is 0.307 e. The third-order valence-corrected chi connectivity index (χ3v) is 18.5. The van der Waals surface area contributed by atoms with E-state index < -0.39 is 27.4 Å². The summed E-state index contributed by atoms with van der Waals surface area (Å²) in [5, 5.41) is 11.0. The number of methoxy groups -OCH3 is 1. The van der Waals surface area contributed by atoms with Crippen LogP contribution in [0.2, 0.25) is 0 Å². The van der Waals surface area contributed by atoms with E-state index in [0.29, 0.717) is 31.0 Å². The molecule has 0 radical (unpaired) electrons. The average molecular weight is 756 g/mol. The van der Waals surface area contributed by atoms with Crippen LogP contribution in [0.15, 0.2) is 40.8 Å². The first-order valence-corrected chi connectivity index (χ1v) is 21.8. The standard InChI is InChI=1S/C44H69NO7S/c1-27(2)30(6)39(7)21-22-41(9)32-17-18-35-40(8)24-51-26-44(35,33(32)19-20-42(41,10)36(39)38(46)47)23-34(50-12)37(40)52-25-43(11,28(3)4)45-53(48,49)31-15-13-29(5)14-16-31/h13-16,19,27-28,30,32,34-37,45H,17-18,20-26H2,1-12H3,(H,46,47)/t30-,32+,34-,35+,36-,37+,39-,40+,41-,42+,43+,44+/m1/s1. The fourth-order valence-electron chi connectivity index (χ4n) is 12.7. The Morgan fingerprint density at radius 3 is 2.26 bits per heavy atom. The highest BCUT2D eigenvalue weighted by molar-refractivity contribution is 7.89. The zero-order valence-corrected chi connectivity index (χ0v) is 35.5. The summed E-state index contributed by atoms with van der Waals surface area (Å²) in [4.78, 5) is 13.7. The average Bonchev–Trinajstić information content (AvgIpc) is 3.07. The van der Waals surface area contributed by atoms with Crippen molar-refractivity contribution in [1.29, 1.82) is 0 Å². The van der Waals surface area contributed by atoms with E-state index in [-0.39, 0.29) is 62.6 Å². The van der Waals surface area contributed by atoms with Crippen LogP contribution in [0, 0.1) is 69.5 Å². The Morgan fingerprint density at radius 2 is 1.68 bits per heavy atom. The Labute approximate surface area is 320 Å². The highest BCUT2D eigenvalue weighted by atomic mass is 32.2. The number of carbonyl (C=O) groups is 1. The predicted molar refractivity (Wildman–Crippen MR) is 209 cm³/mol. The van der Waals surface area contributed by atoms with Crippen molar-refractivity contribution in [2.45, 2.75) is 137 Å². The van der Waals surface area contributed by atoms with Gasteiger partial charge in [-0.15, -0.1) is 0 Å².